The molecule has 1 unspecified atom stereocenters. The minimum atomic E-state index is -1.32. The normalized spacial score (nSPS) is 19.4. The molecule has 31 heavy (non-hydrogen) atoms. The van der Waals surface area contributed by atoms with Gasteiger partial charge in [0.2, 0.25) is 5.95 Å². The van der Waals surface area contributed by atoms with Crippen LogP contribution in [0.3, 0.4) is 0 Å². The Labute approximate surface area is 179 Å². The lowest BCUT2D eigenvalue weighted by atomic mass is 9.97. The number of aromatic carboxylic acids is 1. The van der Waals surface area contributed by atoms with Gasteiger partial charge in [0, 0.05) is 31.3 Å². The van der Waals surface area contributed by atoms with Gasteiger partial charge in [-0.1, -0.05) is 13.0 Å². The molecule has 0 bridgehead atoms. The molecule has 1 fully saturated rings. The number of carboxylic acids is 1. The van der Waals surface area contributed by atoms with Crippen LogP contribution in [0.2, 0.25) is 0 Å². The van der Waals surface area contributed by atoms with E-state index in [1.54, 1.807) is 10.6 Å². The number of rotatable bonds is 5. The molecule has 1 saturated heterocycles. The van der Waals surface area contributed by atoms with E-state index in [4.69, 9.17) is 4.98 Å². The first-order valence-corrected chi connectivity index (χ1v) is 10.6. The lowest BCUT2D eigenvalue weighted by molar-refractivity contribution is 0.0690. The summed E-state index contributed by atoms with van der Waals surface area (Å²) in [5.41, 5.74) is 0.533. The highest BCUT2D eigenvalue weighted by molar-refractivity contribution is 5.92. The van der Waals surface area contributed by atoms with Crippen LogP contribution in [-0.4, -0.2) is 44.7 Å². The number of hydrogen-bond donors (Lipinski definition) is 2. The molecule has 0 amide bonds. The Hall–Kier alpha value is -3.23. The first kappa shape index (κ1) is 21.0. The fraction of sp³-hybridized carbons (Fsp3) is 0.455. The van der Waals surface area contributed by atoms with Crippen LogP contribution in [0.25, 0.3) is 5.57 Å². The summed E-state index contributed by atoms with van der Waals surface area (Å²) in [6, 6.07) is 3.71. The number of anilines is 2. The minimum absolute atomic E-state index is 0.0927. The summed E-state index contributed by atoms with van der Waals surface area (Å²) in [6.07, 6.45) is 5.39. The van der Waals surface area contributed by atoms with Gasteiger partial charge in [-0.05, 0) is 44.2 Å². The molecule has 0 aliphatic carbocycles. The smallest absolute Gasteiger partial charge is 0.356 e. The predicted molar refractivity (Wildman–Crippen MR) is 116 cm³/mol. The Morgan fingerprint density at radius 2 is 2.00 bits per heavy atom. The monoisotopic (exact) mass is 427 g/mol. The maximum Gasteiger partial charge on any atom is 0.356 e. The Morgan fingerprint density at radius 3 is 2.71 bits per heavy atom. The van der Waals surface area contributed by atoms with Crippen LogP contribution >= 0.6 is 0 Å². The number of piperidine rings is 1. The second-order valence-electron chi connectivity index (χ2n) is 8.24. The van der Waals surface area contributed by atoms with Crippen LogP contribution in [0.15, 0.2) is 29.1 Å². The fourth-order valence-corrected chi connectivity index (χ4v) is 4.26. The van der Waals surface area contributed by atoms with Crippen LogP contribution in [0.1, 0.15) is 49.4 Å². The highest BCUT2D eigenvalue weighted by Gasteiger charge is 2.26. The third-order valence-corrected chi connectivity index (χ3v) is 5.77. The van der Waals surface area contributed by atoms with Gasteiger partial charge in [-0.2, -0.15) is 4.39 Å². The summed E-state index contributed by atoms with van der Waals surface area (Å²) in [7, 11) is 0. The van der Waals surface area contributed by atoms with Crippen molar-refractivity contribution in [1.29, 1.82) is 0 Å². The highest BCUT2D eigenvalue weighted by atomic mass is 19.1. The largest absolute Gasteiger partial charge is 0.476 e. The van der Waals surface area contributed by atoms with Crippen LogP contribution in [0.5, 0.6) is 0 Å². The van der Waals surface area contributed by atoms with Gasteiger partial charge >= 0.3 is 5.97 Å². The first-order valence-electron chi connectivity index (χ1n) is 10.6. The zero-order chi connectivity index (χ0) is 22.1. The zero-order valence-electron chi connectivity index (χ0n) is 17.6. The van der Waals surface area contributed by atoms with Gasteiger partial charge in [-0.3, -0.25) is 9.36 Å². The molecule has 2 aromatic rings. The number of nitrogens with one attached hydrogen (secondary N) is 1. The van der Waals surface area contributed by atoms with Gasteiger partial charge in [0.1, 0.15) is 11.6 Å². The molecule has 164 valence electrons. The van der Waals surface area contributed by atoms with Gasteiger partial charge in [0.05, 0.1) is 11.7 Å². The average molecular weight is 427 g/mol. The summed E-state index contributed by atoms with van der Waals surface area (Å²) >= 11 is 0. The molecular weight excluding hydrogens is 401 g/mol. The standard InChI is InChI=1S/C22H26FN5O3/c1-13-10-15(14(2)24-16-6-7-17(23)25-20(16)22(30)31)21-26-18(11-19(29)28(21)12-13)27-8-4-3-5-9-27/h6-7,10-11,13-14,24H,3-5,8-9,12H2,1-2H3,(H,30,31)/t13?,14-/m1/s1. The molecule has 0 spiro atoms. The number of pyridine rings is 1. The molecule has 2 N–H and O–H groups in total. The number of nitrogens with zero attached hydrogens (tertiary/aromatic N) is 4. The van der Waals surface area contributed by atoms with Crippen LogP contribution in [0.4, 0.5) is 15.9 Å². The van der Waals surface area contributed by atoms with Crippen molar-refractivity contribution in [2.24, 2.45) is 5.92 Å². The van der Waals surface area contributed by atoms with Gasteiger partial charge in [0.25, 0.3) is 5.56 Å². The summed E-state index contributed by atoms with van der Waals surface area (Å²) in [4.78, 5) is 34.9. The first-order chi connectivity index (χ1) is 14.8. The maximum absolute atomic E-state index is 13.4. The van der Waals surface area contributed by atoms with Crippen molar-refractivity contribution in [2.45, 2.75) is 45.7 Å². The number of carbonyl (C=O) groups is 1. The van der Waals surface area contributed by atoms with Crippen molar-refractivity contribution < 1.29 is 14.3 Å². The van der Waals surface area contributed by atoms with Gasteiger partial charge in [0.15, 0.2) is 5.69 Å². The van der Waals surface area contributed by atoms with E-state index in [-0.39, 0.29) is 28.9 Å². The van der Waals surface area contributed by atoms with E-state index in [0.29, 0.717) is 18.2 Å². The van der Waals surface area contributed by atoms with E-state index in [2.05, 4.69) is 21.3 Å². The lowest BCUT2D eigenvalue weighted by Gasteiger charge is -2.31. The average Bonchev–Trinajstić information content (AvgIpc) is 2.75. The van der Waals surface area contributed by atoms with E-state index in [0.717, 1.165) is 37.6 Å². The SMILES string of the molecule is CC1C=C([C@@H](C)Nc2ccc(F)nc2C(=O)O)c2nc(N3CCCCC3)cc(=O)n2C1. The molecule has 0 saturated carbocycles. The Kier molecular flexibility index (Phi) is 5.75. The molecule has 4 heterocycles. The minimum Gasteiger partial charge on any atom is -0.476 e. The van der Waals surface area contributed by atoms with Crippen molar-refractivity contribution in [1.82, 2.24) is 14.5 Å². The molecule has 8 nitrogen and oxygen atoms in total. The molecule has 9 heteroatoms. The number of aromatic nitrogens is 3. The van der Waals surface area contributed by atoms with Crippen LogP contribution < -0.4 is 15.8 Å². The lowest BCUT2D eigenvalue weighted by Crippen LogP contribution is -2.37. The van der Waals surface area contributed by atoms with Gasteiger partial charge < -0.3 is 15.3 Å². The molecule has 0 radical (unpaired) electrons. The molecular formula is C22H26FN5O3. The fourth-order valence-electron chi connectivity index (χ4n) is 4.26. The maximum atomic E-state index is 13.4. The Bertz CT molecular complexity index is 1090. The van der Waals surface area contributed by atoms with E-state index in [1.165, 1.54) is 12.5 Å². The van der Waals surface area contributed by atoms with E-state index >= 15 is 0 Å². The van der Waals surface area contributed by atoms with Gasteiger partial charge in [-0.15, -0.1) is 0 Å². The van der Waals surface area contributed by atoms with Crippen molar-refractivity contribution in [3.8, 4) is 0 Å². The van der Waals surface area contributed by atoms with Gasteiger partial charge in [-0.25, -0.2) is 14.8 Å². The van der Waals surface area contributed by atoms with E-state index in [1.807, 2.05) is 13.8 Å². The van der Waals surface area contributed by atoms with E-state index in [9.17, 15) is 19.1 Å². The quantitative estimate of drug-likeness (QED) is 0.708. The molecule has 2 aromatic heterocycles. The molecule has 2 atom stereocenters. The second kappa shape index (κ2) is 8.49. The van der Waals surface area contributed by atoms with Crippen molar-refractivity contribution >= 4 is 23.0 Å². The highest BCUT2D eigenvalue weighted by Crippen LogP contribution is 2.29. The number of fused-ring (bicyclic) bond motifs is 1. The van der Waals surface area contributed by atoms with Crippen molar-refractivity contribution in [3.63, 3.8) is 0 Å². The zero-order valence-corrected chi connectivity index (χ0v) is 17.6. The number of carboxylic acid groups (broad SMARTS) is 1. The second-order valence-corrected chi connectivity index (χ2v) is 8.24. The molecule has 0 aromatic carbocycles. The topological polar surface area (TPSA) is 100 Å². The summed E-state index contributed by atoms with van der Waals surface area (Å²) in [5, 5.41) is 12.5. The Morgan fingerprint density at radius 1 is 1.26 bits per heavy atom. The summed E-state index contributed by atoms with van der Waals surface area (Å²) in [6.45, 7) is 6.17. The molecule has 2 aliphatic rings. The van der Waals surface area contributed by atoms with Crippen molar-refractivity contribution in [2.75, 3.05) is 23.3 Å². The van der Waals surface area contributed by atoms with Crippen molar-refractivity contribution in [3.05, 3.63) is 52.1 Å². The number of hydrogen-bond acceptors (Lipinski definition) is 6. The third kappa shape index (κ3) is 4.30. The third-order valence-electron chi connectivity index (χ3n) is 5.77. The number of halogens is 1. The Balaban J connectivity index is 1.70. The van der Waals surface area contributed by atoms with Crippen LogP contribution in [-0.2, 0) is 6.54 Å². The van der Waals surface area contributed by atoms with E-state index < -0.39 is 11.9 Å². The summed E-state index contributed by atoms with van der Waals surface area (Å²) in [5.74, 6) is -0.804. The number of allylic oxidation sites excluding steroid dienone is 1. The van der Waals surface area contributed by atoms with Crippen LogP contribution in [0, 0.1) is 11.9 Å². The predicted octanol–water partition coefficient (Wildman–Crippen LogP) is 3.00. The molecule has 2 aliphatic heterocycles. The summed E-state index contributed by atoms with van der Waals surface area (Å²) < 4.78 is 15.1. The molecule has 4 rings (SSSR count).